The summed E-state index contributed by atoms with van der Waals surface area (Å²) in [6.07, 6.45) is 2.60. The molecule has 2 atom stereocenters. The minimum atomic E-state index is -0.0752. The molecule has 2 fully saturated rings. The van der Waals surface area contributed by atoms with Crippen molar-refractivity contribution in [3.63, 3.8) is 0 Å². The van der Waals surface area contributed by atoms with Crippen molar-refractivity contribution in [1.29, 1.82) is 0 Å². The molecule has 4 nitrogen and oxygen atoms in total. The number of fused-ring (bicyclic) bond motifs is 1. The Kier molecular flexibility index (Phi) is 4.24. The summed E-state index contributed by atoms with van der Waals surface area (Å²) in [6.45, 7) is 3.44. The van der Waals surface area contributed by atoms with Gasteiger partial charge in [-0.3, -0.25) is 9.69 Å². The van der Waals surface area contributed by atoms with Crippen LogP contribution in [0, 0.1) is 0 Å². The van der Waals surface area contributed by atoms with E-state index < -0.39 is 0 Å². The summed E-state index contributed by atoms with van der Waals surface area (Å²) in [5.74, 6) is -0.0752. The second-order valence-electron chi connectivity index (χ2n) is 5.46. The molecule has 2 heterocycles. The fraction of sp³-hybridized carbons (Fsp3) is 0.533. The number of rotatable bonds is 3. The number of benzene rings is 1. The fourth-order valence-corrected chi connectivity index (χ4v) is 3.04. The van der Waals surface area contributed by atoms with Crippen molar-refractivity contribution in [1.82, 2.24) is 10.2 Å². The van der Waals surface area contributed by atoms with Gasteiger partial charge in [-0.1, -0.05) is 11.6 Å². The highest BCUT2D eigenvalue weighted by molar-refractivity contribution is 6.30. The molecule has 2 saturated heterocycles. The fourth-order valence-electron chi connectivity index (χ4n) is 2.92. The molecule has 0 radical (unpaired) electrons. The van der Waals surface area contributed by atoms with Gasteiger partial charge in [0.15, 0.2) is 0 Å². The molecule has 1 aromatic carbocycles. The summed E-state index contributed by atoms with van der Waals surface area (Å²) in [5, 5.41) is 3.57. The van der Waals surface area contributed by atoms with Gasteiger partial charge in [-0.2, -0.15) is 0 Å². The van der Waals surface area contributed by atoms with E-state index in [0.29, 0.717) is 23.2 Å². The van der Waals surface area contributed by atoms with Gasteiger partial charge in [0.25, 0.3) is 5.91 Å². The lowest BCUT2D eigenvalue weighted by atomic mass is 10.1. The largest absolute Gasteiger partial charge is 0.373 e. The maximum atomic E-state index is 12.0. The topological polar surface area (TPSA) is 41.6 Å². The second kappa shape index (κ2) is 6.12. The standard InChI is InChI=1S/C15H19ClN2O2/c16-12-5-3-11(4-6-12)15(19)17-8-14-9-18-7-1-2-13(18)10-20-14/h3-6,13-14H,1-2,7-10H2,(H,17,19). The molecular formula is C15H19ClN2O2. The first-order valence-electron chi connectivity index (χ1n) is 7.12. The Balaban J connectivity index is 1.49. The predicted octanol–water partition coefficient (Wildman–Crippen LogP) is 1.93. The Bertz CT molecular complexity index is 477. The number of ether oxygens (including phenoxy) is 1. The molecule has 0 spiro atoms. The number of nitrogens with zero attached hydrogens (tertiary/aromatic N) is 1. The molecule has 0 bridgehead atoms. The first-order valence-corrected chi connectivity index (χ1v) is 7.49. The van der Waals surface area contributed by atoms with E-state index in [0.717, 1.165) is 19.7 Å². The number of nitrogens with one attached hydrogen (secondary N) is 1. The predicted molar refractivity (Wildman–Crippen MR) is 78.1 cm³/mol. The zero-order valence-corrected chi connectivity index (χ0v) is 12.1. The summed E-state index contributed by atoms with van der Waals surface area (Å²) in [4.78, 5) is 14.5. The summed E-state index contributed by atoms with van der Waals surface area (Å²) in [7, 11) is 0. The molecule has 3 rings (SSSR count). The van der Waals surface area contributed by atoms with Crippen LogP contribution in [0.25, 0.3) is 0 Å². The van der Waals surface area contributed by atoms with E-state index in [2.05, 4.69) is 10.2 Å². The number of carbonyl (C=O) groups excluding carboxylic acids is 1. The SMILES string of the molecule is O=C(NCC1CN2CCCC2CO1)c1ccc(Cl)cc1. The van der Waals surface area contributed by atoms with Crippen molar-refractivity contribution in [3.05, 3.63) is 34.9 Å². The van der Waals surface area contributed by atoms with Gasteiger partial charge >= 0.3 is 0 Å². The minimum absolute atomic E-state index is 0.0752. The molecule has 1 N–H and O–H groups in total. The van der Waals surface area contributed by atoms with Crippen molar-refractivity contribution >= 4 is 17.5 Å². The average Bonchev–Trinajstić information content (AvgIpc) is 2.93. The Labute approximate surface area is 124 Å². The number of halogens is 1. The third kappa shape index (κ3) is 3.14. The van der Waals surface area contributed by atoms with E-state index in [4.69, 9.17) is 16.3 Å². The monoisotopic (exact) mass is 294 g/mol. The Hall–Kier alpha value is -1.10. The van der Waals surface area contributed by atoms with Gasteiger partial charge in [-0.05, 0) is 43.7 Å². The lowest BCUT2D eigenvalue weighted by Crippen LogP contribution is -2.50. The lowest BCUT2D eigenvalue weighted by Gasteiger charge is -2.35. The van der Waals surface area contributed by atoms with Crippen LogP contribution in [-0.2, 0) is 4.74 Å². The van der Waals surface area contributed by atoms with E-state index in [1.807, 2.05) is 0 Å². The van der Waals surface area contributed by atoms with Crippen LogP contribution in [0.1, 0.15) is 23.2 Å². The van der Waals surface area contributed by atoms with Crippen molar-refractivity contribution in [2.45, 2.75) is 25.0 Å². The molecule has 2 aliphatic rings. The summed E-state index contributed by atoms with van der Waals surface area (Å²) >= 11 is 5.81. The summed E-state index contributed by atoms with van der Waals surface area (Å²) in [5.41, 5.74) is 0.629. The highest BCUT2D eigenvalue weighted by atomic mass is 35.5. The Morgan fingerprint density at radius 2 is 2.20 bits per heavy atom. The molecule has 0 aliphatic carbocycles. The molecule has 0 saturated carbocycles. The van der Waals surface area contributed by atoms with Gasteiger partial charge in [-0.25, -0.2) is 0 Å². The van der Waals surface area contributed by atoms with E-state index >= 15 is 0 Å². The van der Waals surface area contributed by atoms with Crippen molar-refractivity contribution in [2.24, 2.45) is 0 Å². The molecule has 20 heavy (non-hydrogen) atoms. The maximum absolute atomic E-state index is 12.0. The lowest BCUT2D eigenvalue weighted by molar-refractivity contribution is -0.0461. The molecule has 108 valence electrons. The van der Waals surface area contributed by atoms with Crippen LogP contribution in [0.2, 0.25) is 5.02 Å². The van der Waals surface area contributed by atoms with Crippen molar-refractivity contribution < 1.29 is 9.53 Å². The third-order valence-electron chi connectivity index (χ3n) is 4.06. The van der Waals surface area contributed by atoms with Gasteiger partial charge < -0.3 is 10.1 Å². The highest BCUT2D eigenvalue weighted by Gasteiger charge is 2.32. The molecule has 1 aromatic rings. The van der Waals surface area contributed by atoms with E-state index in [-0.39, 0.29) is 12.0 Å². The summed E-state index contributed by atoms with van der Waals surface area (Å²) in [6, 6.07) is 7.51. The van der Waals surface area contributed by atoms with Crippen LogP contribution in [0.4, 0.5) is 0 Å². The van der Waals surface area contributed by atoms with Crippen LogP contribution in [0.3, 0.4) is 0 Å². The smallest absolute Gasteiger partial charge is 0.251 e. The normalized spacial score (nSPS) is 26.2. The molecule has 0 aromatic heterocycles. The van der Waals surface area contributed by atoms with Gasteiger partial charge in [0.05, 0.1) is 12.7 Å². The molecule has 5 heteroatoms. The third-order valence-corrected chi connectivity index (χ3v) is 4.31. The highest BCUT2D eigenvalue weighted by Crippen LogP contribution is 2.22. The Morgan fingerprint density at radius 1 is 1.40 bits per heavy atom. The molecular weight excluding hydrogens is 276 g/mol. The summed E-state index contributed by atoms with van der Waals surface area (Å²) < 4.78 is 5.82. The second-order valence-corrected chi connectivity index (χ2v) is 5.90. The van der Waals surface area contributed by atoms with E-state index in [1.165, 1.54) is 12.8 Å². The van der Waals surface area contributed by atoms with Crippen LogP contribution in [0.5, 0.6) is 0 Å². The quantitative estimate of drug-likeness (QED) is 0.926. The molecule has 2 aliphatic heterocycles. The van der Waals surface area contributed by atoms with Crippen LogP contribution in [0.15, 0.2) is 24.3 Å². The first kappa shape index (κ1) is 13.9. The van der Waals surface area contributed by atoms with Gasteiger partial charge in [-0.15, -0.1) is 0 Å². The van der Waals surface area contributed by atoms with Crippen molar-refractivity contribution in [3.8, 4) is 0 Å². The number of hydrogen-bond acceptors (Lipinski definition) is 3. The number of carbonyl (C=O) groups is 1. The zero-order chi connectivity index (χ0) is 13.9. The van der Waals surface area contributed by atoms with Crippen LogP contribution in [-0.4, -0.2) is 49.2 Å². The first-order chi connectivity index (χ1) is 9.72. The van der Waals surface area contributed by atoms with Gasteiger partial charge in [0.1, 0.15) is 0 Å². The van der Waals surface area contributed by atoms with E-state index in [9.17, 15) is 4.79 Å². The zero-order valence-electron chi connectivity index (χ0n) is 11.3. The van der Waals surface area contributed by atoms with Gasteiger partial charge in [0, 0.05) is 29.7 Å². The van der Waals surface area contributed by atoms with Crippen LogP contribution >= 0.6 is 11.6 Å². The number of hydrogen-bond donors (Lipinski definition) is 1. The molecule has 1 amide bonds. The number of morpholine rings is 1. The van der Waals surface area contributed by atoms with Crippen molar-refractivity contribution in [2.75, 3.05) is 26.2 Å². The van der Waals surface area contributed by atoms with Crippen LogP contribution < -0.4 is 5.32 Å². The average molecular weight is 295 g/mol. The number of amides is 1. The minimum Gasteiger partial charge on any atom is -0.373 e. The molecule has 2 unspecified atom stereocenters. The maximum Gasteiger partial charge on any atom is 0.251 e. The van der Waals surface area contributed by atoms with E-state index in [1.54, 1.807) is 24.3 Å². The van der Waals surface area contributed by atoms with Gasteiger partial charge in [0.2, 0.25) is 0 Å². The Morgan fingerprint density at radius 3 is 3.00 bits per heavy atom.